The summed E-state index contributed by atoms with van der Waals surface area (Å²) >= 11 is 2.25. The second-order valence-corrected chi connectivity index (χ2v) is 6.36. The van der Waals surface area contributed by atoms with Gasteiger partial charge in [0, 0.05) is 14.8 Å². The molecule has 1 atom stereocenters. The average molecular weight is 423 g/mol. The van der Waals surface area contributed by atoms with Crippen LogP contribution < -0.4 is 10.7 Å². The minimum absolute atomic E-state index is 0.117. The molecule has 0 aliphatic rings. The van der Waals surface area contributed by atoms with Gasteiger partial charge < -0.3 is 10.4 Å². The summed E-state index contributed by atoms with van der Waals surface area (Å²) in [5, 5.41) is 16.7. The number of hydrogen-bond acceptors (Lipinski definition) is 4. The van der Waals surface area contributed by atoms with Crippen LogP contribution in [0.2, 0.25) is 0 Å². The average Bonchev–Trinajstić information content (AvgIpc) is 2.51. The zero-order valence-electron chi connectivity index (χ0n) is 12.9. The number of aromatic hydroxyl groups is 1. The Hall–Kier alpha value is -2.09. The number of aryl methyl sites for hydroxylation is 1. The van der Waals surface area contributed by atoms with Crippen molar-refractivity contribution in [3.05, 3.63) is 57.2 Å². The van der Waals surface area contributed by atoms with Crippen molar-refractivity contribution >= 4 is 40.4 Å². The number of carbonyl (C=O) groups excluding carboxylic acids is 1. The second kappa shape index (κ2) is 7.96. The van der Waals surface area contributed by atoms with Crippen LogP contribution in [0.4, 0.5) is 5.69 Å². The number of phenolic OH excluding ortho intramolecular Hbond substituents is 1. The molecule has 0 aliphatic heterocycles. The smallest absolute Gasteiger partial charge is 0.262 e. The van der Waals surface area contributed by atoms with E-state index in [9.17, 15) is 9.90 Å². The first-order valence-corrected chi connectivity index (χ1v) is 8.19. The Balaban J connectivity index is 1.94. The van der Waals surface area contributed by atoms with Crippen molar-refractivity contribution in [1.29, 1.82) is 0 Å². The maximum Gasteiger partial charge on any atom is 0.262 e. The molecule has 1 amide bonds. The van der Waals surface area contributed by atoms with Crippen LogP contribution in [0.1, 0.15) is 18.1 Å². The Labute approximate surface area is 148 Å². The van der Waals surface area contributed by atoms with E-state index in [1.54, 1.807) is 31.2 Å². The lowest BCUT2D eigenvalue weighted by molar-refractivity contribution is -0.121. The molecule has 2 aromatic carbocycles. The van der Waals surface area contributed by atoms with Gasteiger partial charge in [-0.25, -0.2) is 5.43 Å². The number of benzene rings is 2. The lowest BCUT2D eigenvalue weighted by Crippen LogP contribution is -2.35. The molecule has 5 nitrogen and oxygen atoms in total. The Morgan fingerprint density at radius 3 is 2.74 bits per heavy atom. The molecule has 0 heterocycles. The van der Waals surface area contributed by atoms with E-state index in [2.05, 4.69) is 38.4 Å². The zero-order chi connectivity index (χ0) is 16.8. The molecule has 0 aromatic heterocycles. The first-order chi connectivity index (χ1) is 11.0. The van der Waals surface area contributed by atoms with Crippen LogP contribution >= 0.6 is 22.6 Å². The van der Waals surface area contributed by atoms with Crippen LogP contribution in [-0.2, 0) is 4.79 Å². The van der Waals surface area contributed by atoms with Gasteiger partial charge in [0.15, 0.2) is 0 Å². The van der Waals surface area contributed by atoms with Crippen molar-refractivity contribution < 1.29 is 9.90 Å². The predicted octanol–water partition coefficient (Wildman–Crippen LogP) is 3.26. The van der Waals surface area contributed by atoms with Gasteiger partial charge in [-0.1, -0.05) is 12.1 Å². The number of nitrogens with one attached hydrogen (secondary N) is 2. The number of hydrogen-bond donors (Lipinski definition) is 3. The number of anilines is 1. The fraction of sp³-hybridized carbons (Fsp3) is 0.176. The van der Waals surface area contributed by atoms with Crippen LogP contribution in [0, 0.1) is 10.5 Å². The number of hydrazone groups is 1. The van der Waals surface area contributed by atoms with E-state index in [4.69, 9.17) is 0 Å². The number of amides is 1. The summed E-state index contributed by atoms with van der Waals surface area (Å²) in [6.45, 7) is 3.76. The summed E-state index contributed by atoms with van der Waals surface area (Å²) in [5.74, 6) is -0.138. The highest BCUT2D eigenvalue weighted by Gasteiger charge is 2.12. The zero-order valence-corrected chi connectivity index (χ0v) is 15.0. The highest BCUT2D eigenvalue weighted by atomic mass is 127. The molecule has 3 N–H and O–H groups in total. The van der Waals surface area contributed by atoms with Gasteiger partial charge in [-0.05, 0) is 72.3 Å². The Morgan fingerprint density at radius 1 is 1.30 bits per heavy atom. The third-order valence-corrected chi connectivity index (χ3v) is 3.94. The monoisotopic (exact) mass is 423 g/mol. The molecule has 0 saturated heterocycles. The van der Waals surface area contributed by atoms with Gasteiger partial charge in [0.05, 0.1) is 6.21 Å². The first-order valence-electron chi connectivity index (χ1n) is 7.11. The fourth-order valence-corrected chi connectivity index (χ4v) is 2.59. The molecular formula is C17H18IN3O2. The highest BCUT2D eigenvalue weighted by Crippen LogP contribution is 2.18. The van der Waals surface area contributed by atoms with Crippen LogP contribution in [0.3, 0.4) is 0 Å². The van der Waals surface area contributed by atoms with Gasteiger partial charge in [-0.15, -0.1) is 0 Å². The number of carbonyl (C=O) groups is 1. The van der Waals surface area contributed by atoms with Crippen LogP contribution in [0.15, 0.2) is 47.6 Å². The Bertz CT molecular complexity index is 732. The summed E-state index contributed by atoms with van der Waals surface area (Å²) in [4.78, 5) is 12.0. The number of nitrogens with zero attached hydrogens (tertiary/aromatic N) is 1. The van der Waals surface area contributed by atoms with Gasteiger partial charge in [-0.3, -0.25) is 4.79 Å². The molecule has 0 bridgehead atoms. The summed E-state index contributed by atoms with van der Waals surface area (Å²) in [7, 11) is 0. The highest BCUT2D eigenvalue weighted by molar-refractivity contribution is 14.1. The topological polar surface area (TPSA) is 73.7 Å². The molecule has 120 valence electrons. The maximum atomic E-state index is 12.0. The number of rotatable bonds is 5. The molecule has 0 aliphatic carbocycles. The van der Waals surface area contributed by atoms with E-state index in [1.807, 2.05) is 25.1 Å². The fourth-order valence-electron chi connectivity index (χ4n) is 1.95. The summed E-state index contributed by atoms with van der Waals surface area (Å²) in [5.41, 5.74) is 5.00. The van der Waals surface area contributed by atoms with E-state index in [1.165, 1.54) is 6.21 Å². The van der Waals surface area contributed by atoms with Gasteiger partial charge in [-0.2, -0.15) is 5.10 Å². The van der Waals surface area contributed by atoms with Crippen molar-refractivity contribution in [2.24, 2.45) is 5.10 Å². The van der Waals surface area contributed by atoms with Gasteiger partial charge in [0.25, 0.3) is 5.91 Å². The summed E-state index contributed by atoms with van der Waals surface area (Å²) in [6, 6.07) is 12.3. The SMILES string of the molecule is Cc1cc(I)ccc1NC(C)C(=O)N/N=C/c1ccccc1O. The Morgan fingerprint density at radius 2 is 2.04 bits per heavy atom. The molecule has 0 saturated carbocycles. The molecule has 6 heteroatoms. The van der Waals surface area contributed by atoms with E-state index in [0.717, 1.165) is 14.8 Å². The molecule has 0 spiro atoms. The lowest BCUT2D eigenvalue weighted by Gasteiger charge is -2.15. The predicted molar refractivity (Wildman–Crippen MR) is 101 cm³/mol. The van der Waals surface area contributed by atoms with Crippen molar-refractivity contribution in [2.45, 2.75) is 19.9 Å². The summed E-state index contributed by atoms with van der Waals surface area (Å²) < 4.78 is 1.15. The summed E-state index contributed by atoms with van der Waals surface area (Å²) in [6.07, 6.45) is 1.41. The molecular weight excluding hydrogens is 405 g/mol. The minimum Gasteiger partial charge on any atom is -0.507 e. The van der Waals surface area contributed by atoms with Crippen LogP contribution in [-0.4, -0.2) is 23.3 Å². The molecule has 1 unspecified atom stereocenters. The van der Waals surface area contributed by atoms with E-state index < -0.39 is 6.04 Å². The van der Waals surface area contributed by atoms with Gasteiger partial charge in [0.1, 0.15) is 11.8 Å². The molecule has 2 rings (SSSR count). The third kappa shape index (κ3) is 4.95. The van der Waals surface area contributed by atoms with Crippen molar-refractivity contribution in [3.8, 4) is 5.75 Å². The number of para-hydroxylation sites is 1. The van der Waals surface area contributed by atoms with Gasteiger partial charge in [0.2, 0.25) is 0 Å². The van der Waals surface area contributed by atoms with Crippen molar-refractivity contribution in [3.63, 3.8) is 0 Å². The molecule has 0 radical (unpaired) electrons. The number of halogens is 1. The molecule has 23 heavy (non-hydrogen) atoms. The normalized spacial score (nSPS) is 12.1. The third-order valence-electron chi connectivity index (χ3n) is 3.27. The van der Waals surface area contributed by atoms with E-state index in [0.29, 0.717) is 5.56 Å². The largest absolute Gasteiger partial charge is 0.507 e. The standard InChI is InChI=1S/C17H18IN3O2/c1-11-9-14(18)7-8-15(11)20-12(2)17(23)21-19-10-13-5-3-4-6-16(13)22/h3-10,12,20,22H,1-2H3,(H,21,23)/b19-10+. The van der Waals surface area contributed by atoms with Crippen molar-refractivity contribution in [2.75, 3.05) is 5.32 Å². The molecule has 2 aromatic rings. The first kappa shape index (κ1) is 17.3. The second-order valence-electron chi connectivity index (χ2n) is 5.12. The number of phenols is 1. The van der Waals surface area contributed by atoms with Crippen molar-refractivity contribution in [1.82, 2.24) is 5.43 Å². The Kier molecular flexibility index (Phi) is 5.97. The lowest BCUT2D eigenvalue weighted by atomic mass is 10.2. The van der Waals surface area contributed by atoms with E-state index in [-0.39, 0.29) is 11.7 Å². The molecule has 0 fully saturated rings. The van der Waals surface area contributed by atoms with Gasteiger partial charge >= 0.3 is 0 Å². The minimum atomic E-state index is -0.435. The van der Waals surface area contributed by atoms with Crippen LogP contribution in [0.25, 0.3) is 0 Å². The van der Waals surface area contributed by atoms with E-state index >= 15 is 0 Å². The quantitative estimate of drug-likeness (QED) is 0.393. The van der Waals surface area contributed by atoms with Crippen LogP contribution in [0.5, 0.6) is 5.75 Å². The maximum absolute atomic E-state index is 12.0.